The Labute approximate surface area is 127 Å². The standard InChI is InChI=1S/C17H28FNO2/c1-17(2,3)19-13-14(9-10-21-12-11-20-4)15-7-5-6-8-16(15)18/h5-8,14,19H,9-13H2,1-4H3. The molecule has 1 unspecified atom stereocenters. The van der Waals surface area contributed by atoms with Crippen molar-refractivity contribution in [2.24, 2.45) is 0 Å². The minimum atomic E-state index is -0.143. The molecule has 0 aliphatic heterocycles. The van der Waals surface area contributed by atoms with E-state index in [1.54, 1.807) is 13.2 Å². The molecule has 1 N–H and O–H groups in total. The minimum Gasteiger partial charge on any atom is -0.382 e. The van der Waals surface area contributed by atoms with Crippen LogP contribution in [0.4, 0.5) is 4.39 Å². The molecule has 21 heavy (non-hydrogen) atoms. The summed E-state index contributed by atoms with van der Waals surface area (Å²) in [6, 6.07) is 6.99. The van der Waals surface area contributed by atoms with Crippen LogP contribution in [0.2, 0.25) is 0 Å². The van der Waals surface area contributed by atoms with Crippen molar-refractivity contribution in [3.63, 3.8) is 0 Å². The number of ether oxygens (including phenoxy) is 2. The SMILES string of the molecule is COCCOCCC(CNC(C)(C)C)c1ccccc1F. The van der Waals surface area contributed by atoms with Gasteiger partial charge in [0.15, 0.2) is 0 Å². The molecule has 0 bridgehead atoms. The van der Waals surface area contributed by atoms with E-state index >= 15 is 0 Å². The lowest BCUT2D eigenvalue weighted by Gasteiger charge is -2.26. The number of nitrogens with one attached hydrogen (secondary N) is 1. The van der Waals surface area contributed by atoms with Crippen LogP contribution in [0.1, 0.15) is 38.7 Å². The fourth-order valence-corrected chi connectivity index (χ4v) is 2.07. The van der Waals surface area contributed by atoms with Gasteiger partial charge in [-0.2, -0.15) is 0 Å². The Morgan fingerprint density at radius 3 is 2.48 bits per heavy atom. The van der Waals surface area contributed by atoms with E-state index in [1.807, 2.05) is 12.1 Å². The lowest BCUT2D eigenvalue weighted by molar-refractivity contribution is 0.0666. The van der Waals surface area contributed by atoms with Gasteiger partial charge in [0.1, 0.15) is 5.82 Å². The lowest BCUT2D eigenvalue weighted by atomic mass is 9.94. The van der Waals surface area contributed by atoms with Gasteiger partial charge in [0.05, 0.1) is 13.2 Å². The fourth-order valence-electron chi connectivity index (χ4n) is 2.07. The van der Waals surface area contributed by atoms with Crippen LogP contribution < -0.4 is 5.32 Å². The van der Waals surface area contributed by atoms with E-state index in [-0.39, 0.29) is 17.3 Å². The Morgan fingerprint density at radius 2 is 1.86 bits per heavy atom. The molecule has 0 aliphatic carbocycles. The number of halogens is 1. The van der Waals surface area contributed by atoms with Crippen LogP contribution in [0.5, 0.6) is 0 Å². The summed E-state index contributed by atoms with van der Waals surface area (Å²) in [7, 11) is 1.65. The monoisotopic (exact) mass is 297 g/mol. The van der Waals surface area contributed by atoms with Crippen LogP contribution >= 0.6 is 0 Å². The predicted molar refractivity (Wildman–Crippen MR) is 84.2 cm³/mol. The predicted octanol–water partition coefficient (Wildman–Crippen LogP) is 3.35. The summed E-state index contributed by atoms with van der Waals surface area (Å²) in [5.41, 5.74) is 0.769. The number of methoxy groups -OCH3 is 1. The zero-order valence-corrected chi connectivity index (χ0v) is 13.6. The molecule has 1 aromatic rings. The summed E-state index contributed by atoms with van der Waals surface area (Å²) in [4.78, 5) is 0. The van der Waals surface area contributed by atoms with Gasteiger partial charge in [-0.3, -0.25) is 0 Å². The van der Waals surface area contributed by atoms with Crippen molar-refractivity contribution < 1.29 is 13.9 Å². The average molecular weight is 297 g/mol. The first-order chi connectivity index (χ1) is 9.94. The highest BCUT2D eigenvalue weighted by Crippen LogP contribution is 2.22. The van der Waals surface area contributed by atoms with E-state index in [2.05, 4.69) is 26.1 Å². The molecule has 0 aromatic heterocycles. The topological polar surface area (TPSA) is 30.5 Å². The Bertz CT molecular complexity index is 404. The highest BCUT2D eigenvalue weighted by Gasteiger charge is 2.18. The third-order valence-corrected chi connectivity index (χ3v) is 3.27. The number of benzene rings is 1. The van der Waals surface area contributed by atoms with Gasteiger partial charge in [0.25, 0.3) is 0 Å². The molecule has 0 heterocycles. The van der Waals surface area contributed by atoms with Gasteiger partial charge >= 0.3 is 0 Å². The summed E-state index contributed by atoms with van der Waals surface area (Å²) < 4.78 is 24.5. The maximum atomic E-state index is 14.0. The van der Waals surface area contributed by atoms with Gasteiger partial charge in [-0.05, 0) is 38.8 Å². The minimum absolute atomic E-state index is 0.0143. The fraction of sp³-hybridized carbons (Fsp3) is 0.647. The van der Waals surface area contributed by atoms with E-state index < -0.39 is 0 Å². The Morgan fingerprint density at radius 1 is 1.14 bits per heavy atom. The maximum Gasteiger partial charge on any atom is 0.126 e. The molecule has 0 aliphatic rings. The molecule has 3 nitrogen and oxygen atoms in total. The molecule has 0 saturated heterocycles. The van der Waals surface area contributed by atoms with Crippen molar-refractivity contribution in [2.75, 3.05) is 33.5 Å². The summed E-state index contributed by atoms with van der Waals surface area (Å²) in [6.07, 6.45) is 0.785. The molecule has 1 aromatic carbocycles. The second-order valence-corrected chi connectivity index (χ2v) is 6.24. The van der Waals surface area contributed by atoms with Crippen molar-refractivity contribution in [3.05, 3.63) is 35.6 Å². The molecule has 0 amide bonds. The van der Waals surface area contributed by atoms with Gasteiger partial charge in [0, 0.05) is 31.7 Å². The number of hydrogen-bond donors (Lipinski definition) is 1. The molecule has 120 valence electrons. The molecule has 4 heteroatoms. The second-order valence-electron chi connectivity index (χ2n) is 6.24. The van der Waals surface area contributed by atoms with E-state index in [1.165, 1.54) is 6.07 Å². The zero-order valence-electron chi connectivity index (χ0n) is 13.6. The smallest absolute Gasteiger partial charge is 0.126 e. The Balaban J connectivity index is 2.60. The molecule has 0 saturated carbocycles. The van der Waals surface area contributed by atoms with Crippen molar-refractivity contribution in [1.82, 2.24) is 5.32 Å². The summed E-state index contributed by atoms with van der Waals surface area (Å²) >= 11 is 0. The number of rotatable bonds is 9. The van der Waals surface area contributed by atoms with Gasteiger partial charge in [0.2, 0.25) is 0 Å². The lowest BCUT2D eigenvalue weighted by Crippen LogP contribution is -2.39. The van der Waals surface area contributed by atoms with Crippen LogP contribution in [-0.2, 0) is 9.47 Å². The molecule has 0 fully saturated rings. The molecule has 0 radical (unpaired) electrons. The van der Waals surface area contributed by atoms with Crippen molar-refractivity contribution in [2.45, 2.75) is 38.6 Å². The first kappa shape index (κ1) is 18.1. The van der Waals surface area contributed by atoms with Crippen LogP contribution in [0, 0.1) is 5.82 Å². The highest BCUT2D eigenvalue weighted by molar-refractivity contribution is 5.22. The normalized spacial score (nSPS) is 13.4. The van der Waals surface area contributed by atoms with E-state index in [0.717, 1.165) is 18.5 Å². The van der Waals surface area contributed by atoms with Crippen molar-refractivity contribution in [3.8, 4) is 0 Å². The quantitative estimate of drug-likeness (QED) is 0.709. The summed E-state index contributed by atoms with van der Waals surface area (Å²) in [5.74, 6) is -0.0388. The summed E-state index contributed by atoms with van der Waals surface area (Å²) in [6.45, 7) is 8.84. The van der Waals surface area contributed by atoms with Crippen molar-refractivity contribution in [1.29, 1.82) is 0 Å². The second kappa shape index (κ2) is 9.13. The third kappa shape index (κ3) is 7.55. The largest absolute Gasteiger partial charge is 0.382 e. The van der Waals surface area contributed by atoms with Gasteiger partial charge in [-0.15, -0.1) is 0 Å². The van der Waals surface area contributed by atoms with Gasteiger partial charge in [-0.25, -0.2) is 4.39 Å². The molecule has 0 spiro atoms. The zero-order chi connectivity index (χ0) is 15.7. The number of hydrogen-bond acceptors (Lipinski definition) is 3. The van der Waals surface area contributed by atoms with Crippen LogP contribution in [0.15, 0.2) is 24.3 Å². The van der Waals surface area contributed by atoms with E-state index in [0.29, 0.717) is 19.8 Å². The average Bonchev–Trinajstić information content (AvgIpc) is 2.42. The first-order valence-electron chi connectivity index (χ1n) is 7.50. The molecular formula is C17H28FNO2. The van der Waals surface area contributed by atoms with Crippen molar-refractivity contribution >= 4 is 0 Å². The molecule has 1 rings (SSSR count). The molecule has 1 atom stereocenters. The third-order valence-electron chi connectivity index (χ3n) is 3.27. The van der Waals surface area contributed by atoms with E-state index in [4.69, 9.17) is 9.47 Å². The van der Waals surface area contributed by atoms with Crippen LogP contribution in [0.3, 0.4) is 0 Å². The van der Waals surface area contributed by atoms with Crippen LogP contribution in [-0.4, -0.2) is 39.0 Å². The Hall–Kier alpha value is -0.970. The maximum absolute atomic E-state index is 14.0. The summed E-state index contributed by atoms with van der Waals surface area (Å²) in [5, 5.41) is 3.45. The molecular weight excluding hydrogens is 269 g/mol. The first-order valence-corrected chi connectivity index (χ1v) is 7.50. The van der Waals surface area contributed by atoms with Crippen LogP contribution in [0.25, 0.3) is 0 Å². The Kier molecular flexibility index (Phi) is 7.86. The van der Waals surface area contributed by atoms with E-state index in [9.17, 15) is 4.39 Å². The van der Waals surface area contributed by atoms with Gasteiger partial charge < -0.3 is 14.8 Å². The highest BCUT2D eigenvalue weighted by atomic mass is 19.1. The van der Waals surface area contributed by atoms with Gasteiger partial charge in [-0.1, -0.05) is 18.2 Å².